The van der Waals surface area contributed by atoms with Gasteiger partial charge < -0.3 is 4.90 Å². The van der Waals surface area contributed by atoms with E-state index in [-0.39, 0.29) is 17.7 Å². The minimum atomic E-state index is -0.0198. The van der Waals surface area contributed by atoms with Gasteiger partial charge in [-0.1, -0.05) is 18.2 Å². The average molecular weight is 238 g/mol. The van der Waals surface area contributed by atoms with Gasteiger partial charge in [0, 0.05) is 12.2 Å². The number of anilines is 1. The number of piperidine rings is 1. The number of hydrogen-bond donors (Lipinski definition) is 0. The van der Waals surface area contributed by atoms with Gasteiger partial charge >= 0.3 is 0 Å². The predicted molar refractivity (Wildman–Crippen MR) is 67.2 cm³/mol. The Balaban J connectivity index is 2.20. The number of carbonyl (C=O) groups is 1. The van der Waals surface area contributed by atoms with Crippen LogP contribution in [0, 0.1) is 0 Å². The van der Waals surface area contributed by atoms with Gasteiger partial charge in [-0.2, -0.15) is 0 Å². The van der Waals surface area contributed by atoms with Crippen molar-refractivity contribution in [2.75, 3.05) is 17.3 Å². The maximum absolute atomic E-state index is 11.8. The van der Waals surface area contributed by atoms with Crippen molar-refractivity contribution in [3.05, 3.63) is 30.3 Å². The molecular weight excluding hydrogens is 222 g/mol. The van der Waals surface area contributed by atoms with E-state index in [0.717, 1.165) is 31.5 Å². The van der Waals surface area contributed by atoms with Crippen LogP contribution >= 0.6 is 11.6 Å². The molecule has 0 unspecified atom stereocenters. The van der Waals surface area contributed by atoms with Crippen molar-refractivity contribution in [3.8, 4) is 0 Å². The molecule has 3 heteroatoms. The fraction of sp³-hybridized carbons (Fsp3) is 0.462. The van der Waals surface area contributed by atoms with Crippen molar-refractivity contribution in [2.45, 2.75) is 25.3 Å². The van der Waals surface area contributed by atoms with Crippen LogP contribution in [0.4, 0.5) is 5.69 Å². The summed E-state index contributed by atoms with van der Waals surface area (Å²) in [6.07, 6.45) is 3.21. The Kier molecular flexibility index (Phi) is 3.83. The number of para-hydroxylation sites is 1. The molecule has 0 saturated carbocycles. The lowest BCUT2D eigenvalue weighted by Crippen LogP contribution is -2.45. The molecule has 0 spiro atoms. The lowest BCUT2D eigenvalue weighted by molar-refractivity contribution is -0.118. The van der Waals surface area contributed by atoms with Gasteiger partial charge in [-0.15, -0.1) is 11.6 Å². The second-order valence-corrected chi connectivity index (χ2v) is 4.41. The van der Waals surface area contributed by atoms with E-state index in [0.29, 0.717) is 0 Å². The number of benzene rings is 1. The first-order chi connectivity index (χ1) is 7.83. The molecule has 1 aliphatic heterocycles. The monoisotopic (exact) mass is 237 g/mol. The number of alkyl halides is 1. The van der Waals surface area contributed by atoms with E-state index in [1.165, 1.54) is 0 Å². The molecule has 0 bridgehead atoms. The predicted octanol–water partition coefficient (Wildman–Crippen LogP) is 2.85. The highest BCUT2D eigenvalue weighted by molar-refractivity contribution is 6.28. The smallest absolute Gasteiger partial charge is 0.169 e. The van der Waals surface area contributed by atoms with Crippen LogP contribution in [-0.2, 0) is 4.79 Å². The molecule has 1 aliphatic rings. The number of hydrogen-bond acceptors (Lipinski definition) is 2. The molecule has 0 aliphatic carbocycles. The summed E-state index contributed by atoms with van der Waals surface area (Å²) in [6.45, 7) is 0.956. The zero-order valence-electron chi connectivity index (χ0n) is 9.23. The minimum Gasteiger partial charge on any atom is -0.361 e. The quantitative estimate of drug-likeness (QED) is 0.754. The van der Waals surface area contributed by atoms with E-state index in [4.69, 9.17) is 11.6 Å². The van der Waals surface area contributed by atoms with Crippen LogP contribution < -0.4 is 4.90 Å². The number of Topliss-reactive ketones (excluding diaryl/α,β-unsaturated/α-hetero) is 1. The Morgan fingerprint density at radius 3 is 2.75 bits per heavy atom. The third-order valence-electron chi connectivity index (χ3n) is 3.09. The topological polar surface area (TPSA) is 20.3 Å². The summed E-state index contributed by atoms with van der Waals surface area (Å²) in [6, 6.07) is 10.1. The van der Waals surface area contributed by atoms with Crippen LogP contribution in [0.5, 0.6) is 0 Å². The third kappa shape index (κ3) is 2.38. The first kappa shape index (κ1) is 11.5. The second kappa shape index (κ2) is 5.35. The largest absolute Gasteiger partial charge is 0.361 e. The summed E-state index contributed by atoms with van der Waals surface area (Å²) >= 11 is 5.66. The Bertz CT molecular complexity index is 352. The summed E-state index contributed by atoms with van der Waals surface area (Å²) in [4.78, 5) is 14.0. The van der Waals surface area contributed by atoms with Crippen molar-refractivity contribution in [1.82, 2.24) is 0 Å². The molecule has 0 amide bonds. The van der Waals surface area contributed by atoms with Gasteiger partial charge in [0.1, 0.15) is 0 Å². The average Bonchev–Trinajstić information content (AvgIpc) is 2.39. The number of ketones is 1. The van der Waals surface area contributed by atoms with Gasteiger partial charge in [0.2, 0.25) is 0 Å². The molecule has 1 aromatic rings. The van der Waals surface area contributed by atoms with Crippen molar-refractivity contribution in [2.24, 2.45) is 0 Å². The molecule has 1 heterocycles. The standard InChI is InChI=1S/C13H16ClNO/c14-10-13(16)12-8-4-5-9-15(12)11-6-2-1-3-7-11/h1-3,6-7,12H,4-5,8-10H2/t12-/m1/s1. The van der Waals surface area contributed by atoms with Crippen LogP contribution in [0.1, 0.15) is 19.3 Å². The van der Waals surface area contributed by atoms with Crippen LogP contribution in [0.3, 0.4) is 0 Å². The van der Waals surface area contributed by atoms with Crippen LogP contribution in [0.2, 0.25) is 0 Å². The molecule has 1 fully saturated rings. The molecule has 0 N–H and O–H groups in total. The zero-order chi connectivity index (χ0) is 11.4. The molecule has 1 saturated heterocycles. The number of nitrogens with zero attached hydrogens (tertiary/aromatic N) is 1. The highest BCUT2D eigenvalue weighted by atomic mass is 35.5. The van der Waals surface area contributed by atoms with E-state index in [1.54, 1.807) is 0 Å². The van der Waals surface area contributed by atoms with E-state index < -0.39 is 0 Å². The van der Waals surface area contributed by atoms with Gasteiger partial charge in [0.15, 0.2) is 5.78 Å². The van der Waals surface area contributed by atoms with E-state index >= 15 is 0 Å². The Morgan fingerprint density at radius 1 is 1.31 bits per heavy atom. The second-order valence-electron chi connectivity index (χ2n) is 4.14. The van der Waals surface area contributed by atoms with Gasteiger partial charge in [-0.25, -0.2) is 0 Å². The maximum Gasteiger partial charge on any atom is 0.169 e. The van der Waals surface area contributed by atoms with Gasteiger partial charge in [-0.05, 0) is 31.4 Å². The summed E-state index contributed by atoms with van der Waals surface area (Å²) in [5.41, 5.74) is 1.13. The molecular formula is C13H16ClNO. The van der Waals surface area contributed by atoms with Crippen molar-refractivity contribution in [3.63, 3.8) is 0 Å². The zero-order valence-corrected chi connectivity index (χ0v) is 9.99. The molecule has 0 aromatic heterocycles. The summed E-state index contributed by atoms with van der Waals surface area (Å²) < 4.78 is 0. The molecule has 16 heavy (non-hydrogen) atoms. The van der Waals surface area contributed by atoms with E-state index in [9.17, 15) is 4.79 Å². The third-order valence-corrected chi connectivity index (χ3v) is 3.36. The Hall–Kier alpha value is -1.02. The number of halogens is 1. The fourth-order valence-electron chi connectivity index (χ4n) is 2.28. The first-order valence-corrected chi connectivity index (χ1v) is 6.27. The Labute approximate surface area is 101 Å². The molecule has 2 rings (SSSR count). The van der Waals surface area contributed by atoms with E-state index in [2.05, 4.69) is 17.0 Å². The van der Waals surface area contributed by atoms with Crippen LogP contribution in [0.25, 0.3) is 0 Å². The van der Waals surface area contributed by atoms with Gasteiger partial charge in [0.25, 0.3) is 0 Å². The highest BCUT2D eigenvalue weighted by Gasteiger charge is 2.27. The molecule has 2 nitrogen and oxygen atoms in total. The van der Waals surface area contributed by atoms with Crippen LogP contribution in [-0.4, -0.2) is 24.2 Å². The molecule has 0 radical (unpaired) electrons. The maximum atomic E-state index is 11.8. The van der Waals surface area contributed by atoms with Crippen LogP contribution in [0.15, 0.2) is 30.3 Å². The first-order valence-electron chi connectivity index (χ1n) is 5.73. The molecule has 1 aromatic carbocycles. The van der Waals surface area contributed by atoms with Crippen molar-refractivity contribution >= 4 is 23.1 Å². The fourth-order valence-corrected chi connectivity index (χ4v) is 2.46. The SMILES string of the molecule is O=C(CCl)[C@H]1CCCCN1c1ccccc1. The van der Waals surface area contributed by atoms with Gasteiger partial charge in [0.05, 0.1) is 11.9 Å². The minimum absolute atomic E-state index is 0.0198. The van der Waals surface area contributed by atoms with E-state index in [1.807, 2.05) is 18.2 Å². The van der Waals surface area contributed by atoms with Crippen molar-refractivity contribution in [1.29, 1.82) is 0 Å². The number of carbonyl (C=O) groups excluding carboxylic acids is 1. The molecule has 86 valence electrons. The highest BCUT2D eigenvalue weighted by Crippen LogP contribution is 2.25. The van der Waals surface area contributed by atoms with Crippen molar-refractivity contribution < 1.29 is 4.79 Å². The Morgan fingerprint density at radius 2 is 2.06 bits per heavy atom. The normalized spacial score (nSPS) is 20.8. The lowest BCUT2D eigenvalue weighted by Gasteiger charge is -2.36. The number of rotatable bonds is 3. The lowest BCUT2D eigenvalue weighted by atomic mass is 9.98. The van der Waals surface area contributed by atoms with Gasteiger partial charge in [-0.3, -0.25) is 4.79 Å². The summed E-state index contributed by atoms with van der Waals surface area (Å²) in [5, 5.41) is 0. The molecule has 1 atom stereocenters. The summed E-state index contributed by atoms with van der Waals surface area (Å²) in [7, 11) is 0. The summed E-state index contributed by atoms with van der Waals surface area (Å²) in [5.74, 6) is 0.263.